The van der Waals surface area contributed by atoms with Crippen LogP contribution in [0.2, 0.25) is 0 Å². The number of benzene rings is 1. The van der Waals surface area contributed by atoms with Gasteiger partial charge in [-0.3, -0.25) is 9.78 Å². The van der Waals surface area contributed by atoms with Crippen LogP contribution >= 0.6 is 0 Å². The predicted octanol–water partition coefficient (Wildman–Crippen LogP) is 3.49. The molecular formula is C21H24F3N3O3. The maximum Gasteiger partial charge on any atom is 0.419 e. The number of aryl methyl sites for hydroxylation is 1. The summed E-state index contributed by atoms with van der Waals surface area (Å²) in [6.07, 6.45) is -3.19. The number of anilines is 1. The molecule has 2 aromatic rings. The quantitative estimate of drug-likeness (QED) is 0.771. The fourth-order valence-electron chi connectivity index (χ4n) is 3.58. The van der Waals surface area contributed by atoms with Crippen molar-refractivity contribution in [1.82, 2.24) is 10.3 Å². The monoisotopic (exact) mass is 423 g/mol. The van der Waals surface area contributed by atoms with Crippen LogP contribution in [-0.2, 0) is 17.5 Å². The van der Waals surface area contributed by atoms with Gasteiger partial charge in [-0.15, -0.1) is 0 Å². The number of amides is 1. The highest BCUT2D eigenvalue weighted by atomic mass is 19.4. The number of halogens is 3. The van der Waals surface area contributed by atoms with Crippen molar-refractivity contribution in [2.45, 2.75) is 32.7 Å². The first-order chi connectivity index (χ1) is 14.2. The molecule has 9 heteroatoms. The summed E-state index contributed by atoms with van der Waals surface area (Å²) in [5.41, 5.74) is 0.714. The summed E-state index contributed by atoms with van der Waals surface area (Å²) in [6.45, 7) is 4.30. The second-order valence-electron chi connectivity index (χ2n) is 7.19. The van der Waals surface area contributed by atoms with Crippen LogP contribution in [0, 0.1) is 13.8 Å². The van der Waals surface area contributed by atoms with Crippen LogP contribution in [0.4, 0.5) is 18.9 Å². The molecule has 1 aromatic carbocycles. The van der Waals surface area contributed by atoms with Gasteiger partial charge in [0.2, 0.25) is 0 Å². The largest absolute Gasteiger partial charge is 0.496 e. The Balaban J connectivity index is 1.86. The van der Waals surface area contributed by atoms with E-state index in [1.165, 1.54) is 32.4 Å². The number of methoxy groups -OCH3 is 2. The summed E-state index contributed by atoms with van der Waals surface area (Å²) in [5.74, 6) is -0.175. The number of rotatable bonds is 6. The Bertz CT molecular complexity index is 941. The highest BCUT2D eigenvalue weighted by Crippen LogP contribution is 2.40. The second kappa shape index (κ2) is 8.51. The third kappa shape index (κ3) is 4.21. The first kappa shape index (κ1) is 21.9. The molecule has 2 heterocycles. The van der Waals surface area contributed by atoms with Crippen molar-refractivity contribution in [3.8, 4) is 5.75 Å². The molecule has 1 amide bonds. The maximum atomic E-state index is 13.9. The van der Waals surface area contributed by atoms with Crippen LogP contribution in [-0.4, -0.2) is 44.3 Å². The third-order valence-electron chi connectivity index (χ3n) is 5.26. The van der Waals surface area contributed by atoms with Crippen molar-refractivity contribution < 1.29 is 27.4 Å². The summed E-state index contributed by atoms with van der Waals surface area (Å²) in [5, 5.41) is 2.56. The van der Waals surface area contributed by atoms with Gasteiger partial charge in [0.1, 0.15) is 5.75 Å². The van der Waals surface area contributed by atoms with Crippen molar-refractivity contribution >= 4 is 11.6 Å². The molecule has 0 unspecified atom stereocenters. The molecule has 0 bridgehead atoms. The van der Waals surface area contributed by atoms with E-state index in [1.807, 2.05) is 6.92 Å². The Morgan fingerprint density at radius 2 is 1.97 bits per heavy atom. The first-order valence-corrected chi connectivity index (χ1v) is 9.42. The van der Waals surface area contributed by atoms with Crippen molar-refractivity contribution in [2.24, 2.45) is 0 Å². The van der Waals surface area contributed by atoms with Crippen molar-refractivity contribution in [3.63, 3.8) is 0 Å². The predicted molar refractivity (Wildman–Crippen MR) is 106 cm³/mol. The van der Waals surface area contributed by atoms with Gasteiger partial charge in [-0.25, -0.2) is 0 Å². The molecule has 0 spiro atoms. The molecule has 0 atom stereocenters. The lowest BCUT2D eigenvalue weighted by Crippen LogP contribution is -2.52. The topological polar surface area (TPSA) is 63.7 Å². The minimum atomic E-state index is -4.68. The van der Waals surface area contributed by atoms with Crippen LogP contribution < -0.4 is 15.0 Å². The number of alkyl halides is 3. The zero-order chi connectivity index (χ0) is 22.1. The standard InChI is InChI=1S/C21H24F3N3O3/c1-12-8-25-16(13(2)19(12)30-4)9-26-20(28)15-6-5-7-17(18(15)21(22,23)24)27-10-14(11-27)29-3/h5-8,14H,9-11H2,1-4H3,(H,26,28). The fraction of sp³-hybridized carbons (Fsp3) is 0.429. The Morgan fingerprint density at radius 1 is 1.27 bits per heavy atom. The Kier molecular flexibility index (Phi) is 6.21. The number of nitrogens with one attached hydrogen (secondary N) is 1. The minimum absolute atomic E-state index is 0.0156. The molecule has 1 aliphatic rings. The zero-order valence-electron chi connectivity index (χ0n) is 17.3. The number of hydrogen-bond acceptors (Lipinski definition) is 5. The van der Waals surface area contributed by atoms with E-state index in [-0.39, 0.29) is 18.3 Å². The normalized spacial score (nSPS) is 14.4. The molecule has 1 aromatic heterocycles. The number of carbonyl (C=O) groups is 1. The van der Waals surface area contributed by atoms with E-state index in [0.29, 0.717) is 24.5 Å². The van der Waals surface area contributed by atoms with E-state index < -0.39 is 23.2 Å². The lowest BCUT2D eigenvalue weighted by Gasteiger charge is -2.41. The lowest BCUT2D eigenvalue weighted by atomic mass is 10.00. The van der Waals surface area contributed by atoms with Crippen LogP contribution in [0.3, 0.4) is 0 Å². The van der Waals surface area contributed by atoms with Gasteiger partial charge in [0.25, 0.3) is 5.91 Å². The van der Waals surface area contributed by atoms with Gasteiger partial charge in [0.05, 0.1) is 36.6 Å². The molecule has 162 valence electrons. The minimum Gasteiger partial charge on any atom is -0.496 e. The average molecular weight is 423 g/mol. The summed E-state index contributed by atoms with van der Waals surface area (Å²) >= 11 is 0. The van der Waals surface area contributed by atoms with Crippen LogP contribution in [0.25, 0.3) is 0 Å². The Morgan fingerprint density at radius 3 is 2.57 bits per heavy atom. The fourth-order valence-corrected chi connectivity index (χ4v) is 3.58. The van der Waals surface area contributed by atoms with E-state index in [1.54, 1.807) is 18.0 Å². The molecule has 1 aliphatic heterocycles. The van der Waals surface area contributed by atoms with E-state index in [2.05, 4.69) is 10.3 Å². The van der Waals surface area contributed by atoms with Gasteiger partial charge in [0, 0.05) is 43.2 Å². The highest BCUT2D eigenvalue weighted by molar-refractivity contribution is 5.97. The summed E-state index contributed by atoms with van der Waals surface area (Å²) in [6, 6.07) is 4.02. The Labute approximate surface area is 173 Å². The van der Waals surface area contributed by atoms with Crippen LogP contribution in [0.15, 0.2) is 24.4 Å². The molecule has 0 saturated carbocycles. The highest BCUT2D eigenvalue weighted by Gasteiger charge is 2.41. The first-order valence-electron chi connectivity index (χ1n) is 9.42. The number of carbonyl (C=O) groups excluding carboxylic acids is 1. The van der Waals surface area contributed by atoms with Gasteiger partial charge in [-0.2, -0.15) is 13.2 Å². The van der Waals surface area contributed by atoms with E-state index >= 15 is 0 Å². The zero-order valence-corrected chi connectivity index (χ0v) is 17.3. The number of aromatic nitrogens is 1. The molecule has 0 aliphatic carbocycles. The average Bonchev–Trinajstić information content (AvgIpc) is 2.65. The van der Waals surface area contributed by atoms with E-state index in [0.717, 1.165) is 11.1 Å². The number of pyridine rings is 1. The second-order valence-corrected chi connectivity index (χ2v) is 7.19. The SMILES string of the molecule is COc1c(C)cnc(CNC(=O)c2cccc(N3CC(OC)C3)c2C(F)(F)F)c1C. The van der Waals surface area contributed by atoms with Crippen molar-refractivity contribution in [1.29, 1.82) is 0 Å². The van der Waals surface area contributed by atoms with Gasteiger partial charge in [-0.05, 0) is 26.0 Å². The molecular weight excluding hydrogens is 399 g/mol. The van der Waals surface area contributed by atoms with Crippen LogP contribution in [0.1, 0.15) is 32.7 Å². The lowest BCUT2D eigenvalue weighted by molar-refractivity contribution is -0.137. The van der Waals surface area contributed by atoms with Gasteiger partial charge in [-0.1, -0.05) is 6.07 Å². The molecule has 1 fully saturated rings. The summed E-state index contributed by atoms with van der Waals surface area (Å²) in [7, 11) is 3.05. The number of hydrogen-bond donors (Lipinski definition) is 1. The maximum absolute atomic E-state index is 13.9. The summed E-state index contributed by atoms with van der Waals surface area (Å²) in [4.78, 5) is 18.5. The number of ether oxygens (including phenoxy) is 2. The van der Waals surface area contributed by atoms with Gasteiger partial charge >= 0.3 is 6.18 Å². The molecule has 1 N–H and O–H groups in total. The molecule has 30 heavy (non-hydrogen) atoms. The van der Waals surface area contributed by atoms with Gasteiger partial charge < -0.3 is 19.7 Å². The molecule has 6 nitrogen and oxygen atoms in total. The van der Waals surface area contributed by atoms with E-state index in [4.69, 9.17) is 9.47 Å². The smallest absolute Gasteiger partial charge is 0.419 e. The molecule has 0 radical (unpaired) electrons. The molecule has 1 saturated heterocycles. The van der Waals surface area contributed by atoms with Crippen molar-refractivity contribution in [3.05, 3.63) is 52.3 Å². The Hall–Kier alpha value is -2.81. The van der Waals surface area contributed by atoms with Gasteiger partial charge in [0.15, 0.2) is 0 Å². The van der Waals surface area contributed by atoms with Crippen LogP contribution in [0.5, 0.6) is 5.75 Å². The third-order valence-corrected chi connectivity index (χ3v) is 5.26. The number of nitrogens with zero attached hydrogens (tertiary/aromatic N) is 2. The van der Waals surface area contributed by atoms with E-state index in [9.17, 15) is 18.0 Å². The van der Waals surface area contributed by atoms with Crippen molar-refractivity contribution in [2.75, 3.05) is 32.2 Å². The molecule has 3 rings (SSSR count). The summed E-state index contributed by atoms with van der Waals surface area (Å²) < 4.78 is 52.1.